The van der Waals surface area contributed by atoms with Gasteiger partial charge in [0.2, 0.25) is 0 Å². The maximum absolute atomic E-state index is 6.30. The molecule has 0 fully saturated rings. The molecule has 0 saturated heterocycles. The quantitative estimate of drug-likeness (QED) is 0.800. The van der Waals surface area contributed by atoms with Crippen LogP contribution in [0, 0.1) is 5.92 Å². The molecule has 2 atom stereocenters. The standard InChI is InChI=1S/C17H30ClN3/c1-13(2)12-21(10-9-20(4)5)17(14(3)19)15-7-6-8-16(18)11-15/h6-8,11,13-14,17H,9-10,12,19H2,1-5H3. The number of likely N-dealkylation sites (N-methyl/N-ethyl adjacent to an activating group) is 1. The van der Waals surface area contributed by atoms with E-state index >= 15 is 0 Å². The second-order valence-corrected chi connectivity index (χ2v) is 6.99. The highest BCUT2D eigenvalue weighted by atomic mass is 35.5. The maximum atomic E-state index is 6.30. The molecule has 0 amide bonds. The van der Waals surface area contributed by atoms with Crippen LogP contribution in [0.3, 0.4) is 0 Å². The third-order valence-corrected chi connectivity index (χ3v) is 3.75. The van der Waals surface area contributed by atoms with Crippen molar-refractivity contribution in [1.82, 2.24) is 9.80 Å². The van der Waals surface area contributed by atoms with Crippen molar-refractivity contribution in [3.63, 3.8) is 0 Å². The van der Waals surface area contributed by atoms with E-state index in [0.717, 1.165) is 24.7 Å². The SMILES string of the molecule is CC(C)CN(CCN(C)C)C(c1cccc(Cl)c1)C(C)N. The molecule has 0 aliphatic heterocycles. The van der Waals surface area contributed by atoms with Gasteiger partial charge in [-0.2, -0.15) is 0 Å². The molecule has 0 aromatic heterocycles. The lowest BCUT2D eigenvalue weighted by Crippen LogP contribution is -2.44. The summed E-state index contributed by atoms with van der Waals surface area (Å²) in [6.07, 6.45) is 0. The van der Waals surface area contributed by atoms with E-state index in [2.05, 4.69) is 50.7 Å². The van der Waals surface area contributed by atoms with Gasteiger partial charge in [-0.25, -0.2) is 0 Å². The molecule has 0 aliphatic carbocycles. The summed E-state index contributed by atoms with van der Waals surface area (Å²) in [5.74, 6) is 0.604. The molecule has 120 valence electrons. The van der Waals surface area contributed by atoms with Crippen LogP contribution in [-0.2, 0) is 0 Å². The van der Waals surface area contributed by atoms with Crippen molar-refractivity contribution in [2.24, 2.45) is 11.7 Å². The van der Waals surface area contributed by atoms with E-state index in [1.54, 1.807) is 0 Å². The largest absolute Gasteiger partial charge is 0.326 e. The van der Waals surface area contributed by atoms with Crippen LogP contribution >= 0.6 is 11.6 Å². The van der Waals surface area contributed by atoms with Crippen LogP contribution in [0.15, 0.2) is 24.3 Å². The maximum Gasteiger partial charge on any atom is 0.0497 e. The van der Waals surface area contributed by atoms with Crippen molar-refractivity contribution in [2.75, 3.05) is 33.7 Å². The highest BCUT2D eigenvalue weighted by Gasteiger charge is 2.24. The Morgan fingerprint density at radius 3 is 2.29 bits per heavy atom. The van der Waals surface area contributed by atoms with E-state index in [4.69, 9.17) is 17.3 Å². The second kappa shape index (κ2) is 8.74. The number of benzene rings is 1. The van der Waals surface area contributed by atoms with Crippen molar-refractivity contribution in [2.45, 2.75) is 32.9 Å². The molecule has 4 heteroatoms. The second-order valence-electron chi connectivity index (χ2n) is 6.55. The summed E-state index contributed by atoms with van der Waals surface area (Å²) in [6.45, 7) is 9.64. The Morgan fingerprint density at radius 2 is 1.81 bits per heavy atom. The van der Waals surface area contributed by atoms with E-state index in [0.29, 0.717) is 5.92 Å². The van der Waals surface area contributed by atoms with E-state index in [1.165, 1.54) is 5.56 Å². The Labute approximate surface area is 135 Å². The monoisotopic (exact) mass is 311 g/mol. The first-order chi connectivity index (χ1) is 9.81. The third-order valence-electron chi connectivity index (χ3n) is 3.52. The minimum atomic E-state index is 0.0596. The third kappa shape index (κ3) is 6.35. The first kappa shape index (κ1) is 18.4. The van der Waals surface area contributed by atoms with Crippen molar-refractivity contribution in [3.8, 4) is 0 Å². The molecule has 1 aromatic carbocycles. The average molecular weight is 312 g/mol. The van der Waals surface area contributed by atoms with Crippen LogP contribution < -0.4 is 5.73 Å². The molecule has 1 aromatic rings. The van der Waals surface area contributed by atoms with E-state index < -0.39 is 0 Å². The molecule has 0 saturated carbocycles. The fourth-order valence-electron chi connectivity index (χ4n) is 2.68. The normalized spacial score (nSPS) is 15.0. The Balaban J connectivity index is 3.00. The fourth-order valence-corrected chi connectivity index (χ4v) is 2.88. The van der Waals surface area contributed by atoms with Gasteiger partial charge in [0.25, 0.3) is 0 Å². The van der Waals surface area contributed by atoms with Crippen molar-refractivity contribution in [3.05, 3.63) is 34.9 Å². The van der Waals surface area contributed by atoms with Gasteiger partial charge >= 0.3 is 0 Å². The van der Waals surface area contributed by atoms with Crippen LogP contribution in [0.25, 0.3) is 0 Å². The van der Waals surface area contributed by atoms with Crippen LogP contribution in [0.1, 0.15) is 32.4 Å². The number of hydrogen-bond acceptors (Lipinski definition) is 3. The highest BCUT2D eigenvalue weighted by Crippen LogP contribution is 2.26. The lowest BCUT2D eigenvalue weighted by molar-refractivity contribution is 0.144. The lowest BCUT2D eigenvalue weighted by Gasteiger charge is -2.36. The predicted molar refractivity (Wildman–Crippen MR) is 92.8 cm³/mol. The smallest absolute Gasteiger partial charge is 0.0497 e. The number of halogens is 1. The van der Waals surface area contributed by atoms with Crippen molar-refractivity contribution < 1.29 is 0 Å². The zero-order valence-electron chi connectivity index (χ0n) is 14.0. The van der Waals surface area contributed by atoms with Crippen LogP contribution in [0.5, 0.6) is 0 Å². The molecule has 2 unspecified atom stereocenters. The number of rotatable bonds is 8. The van der Waals surface area contributed by atoms with E-state index in [1.807, 2.05) is 18.2 Å². The van der Waals surface area contributed by atoms with Crippen molar-refractivity contribution >= 4 is 11.6 Å². The van der Waals surface area contributed by atoms with E-state index in [9.17, 15) is 0 Å². The molecule has 21 heavy (non-hydrogen) atoms. The predicted octanol–water partition coefficient (Wildman–Crippen LogP) is 3.25. The van der Waals surface area contributed by atoms with Gasteiger partial charge in [-0.05, 0) is 44.6 Å². The van der Waals surface area contributed by atoms with Crippen molar-refractivity contribution in [1.29, 1.82) is 0 Å². The first-order valence-corrected chi connectivity index (χ1v) is 8.09. The van der Waals surface area contributed by atoms with Gasteiger partial charge in [0.05, 0.1) is 0 Å². The average Bonchev–Trinajstić information content (AvgIpc) is 2.35. The molecule has 0 radical (unpaired) electrons. The van der Waals surface area contributed by atoms with Crippen LogP contribution in [0.2, 0.25) is 5.02 Å². The van der Waals surface area contributed by atoms with Gasteiger partial charge in [0, 0.05) is 36.7 Å². The summed E-state index contributed by atoms with van der Waals surface area (Å²) in [7, 11) is 4.21. The molecule has 1 rings (SSSR count). The molecule has 2 N–H and O–H groups in total. The summed E-state index contributed by atoms with van der Waals surface area (Å²) >= 11 is 6.16. The van der Waals surface area contributed by atoms with Gasteiger partial charge in [-0.1, -0.05) is 37.6 Å². The Morgan fingerprint density at radius 1 is 1.14 bits per heavy atom. The summed E-state index contributed by atoms with van der Waals surface area (Å²) in [6, 6.07) is 8.35. The molecular formula is C17H30ClN3. The zero-order chi connectivity index (χ0) is 16.0. The topological polar surface area (TPSA) is 32.5 Å². The number of nitrogens with two attached hydrogens (primary N) is 1. The minimum Gasteiger partial charge on any atom is -0.326 e. The lowest BCUT2D eigenvalue weighted by atomic mass is 9.98. The Kier molecular flexibility index (Phi) is 7.67. The van der Waals surface area contributed by atoms with Gasteiger partial charge in [-0.3, -0.25) is 4.90 Å². The van der Waals surface area contributed by atoms with Gasteiger partial charge in [-0.15, -0.1) is 0 Å². The molecule has 0 heterocycles. The minimum absolute atomic E-state index is 0.0596. The van der Waals surface area contributed by atoms with Crippen LogP contribution in [0.4, 0.5) is 0 Å². The molecule has 0 aliphatic rings. The van der Waals surface area contributed by atoms with Crippen LogP contribution in [-0.4, -0.2) is 49.6 Å². The number of nitrogens with zero attached hydrogens (tertiary/aromatic N) is 2. The number of hydrogen-bond donors (Lipinski definition) is 1. The summed E-state index contributed by atoms with van der Waals surface area (Å²) < 4.78 is 0. The Hall–Kier alpha value is -0.610. The van der Waals surface area contributed by atoms with Gasteiger partial charge in [0.1, 0.15) is 0 Å². The Bertz CT molecular complexity index is 418. The summed E-state index contributed by atoms with van der Waals surface area (Å²) in [4.78, 5) is 4.70. The molecular weight excluding hydrogens is 282 g/mol. The van der Waals surface area contributed by atoms with Gasteiger partial charge in [0.15, 0.2) is 0 Å². The highest BCUT2D eigenvalue weighted by molar-refractivity contribution is 6.30. The molecule has 3 nitrogen and oxygen atoms in total. The fraction of sp³-hybridized carbons (Fsp3) is 0.647. The summed E-state index contributed by atoms with van der Waals surface area (Å²) in [5, 5.41) is 0.773. The summed E-state index contributed by atoms with van der Waals surface area (Å²) in [5.41, 5.74) is 7.51. The van der Waals surface area contributed by atoms with Gasteiger partial charge < -0.3 is 10.6 Å². The first-order valence-electron chi connectivity index (χ1n) is 7.71. The molecule has 0 spiro atoms. The van der Waals surface area contributed by atoms with E-state index in [-0.39, 0.29) is 12.1 Å². The zero-order valence-corrected chi connectivity index (χ0v) is 14.8. The molecule has 0 bridgehead atoms.